The van der Waals surface area contributed by atoms with Crippen LogP contribution >= 0.6 is 11.6 Å². The number of pyridine rings is 1. The lowest BCUT2D eigenvalue weighted by Gasteiger charge is -2.05. The first-order valence-corrected chi connectivity index (χ1v) is 6.65. The molecule has 0 fully saturated rings. The second-order valence-corrected chi connectivity index (χ2v) is 4.80. The lowest BCUT2D eigenvalue weighted by Crippen LogP contribution is -2.14. The SMILES string of the molecule is CC(N)c1nc(-c2ccc(Cl)nc2)nn1-c1ncccn1. The summed E-state index contributed by atoms with van der Waals surface area (Å²) in [6.45, 7) is 1.83. The predicted octanol–water partition coefficient (Wildman–Crippen LogP) is 1.79. The van der Waals surface area contributed by atoms with Crippen LogP contribution < -0.4 is 5.73 Å². The molecule has 3 aromatic rings. The van der Waals surface area contributed by atoms with Crippen LogP contribution in [0.1, 0.15) is 18.8 Å². The van der Waals surface area contributed by atoms with Crippen molar-refractivity contribution in [2.75, 3.05) is 0 Å². The van der Waals surface area contributed by atoms with E-state index in [1.54, 1.807) is 36.8 Å². The van der Waals surface area contributed by atoms with Crippen molar-refractivity contribution in [1.29, 1.82) is 0 Å². The summed E-state index contributed by atoms with van der Waals surface area (Å²) in [5.41, 5.74) is 6.70. The minimum atomic E-state index is -0.310. The van der Waals surface area contributed by atoms with Gasteiger partial charge in [-0.1, -0.05) is 11.6 Å². The van der Waals surface area contributed by atoms with E-state index in [2.05, 4.69) is 25.0 Å². The van der Waals surface area contributed by atoms with Crippen LogP contribution in [0.4, 0.5) is 0 Å². The van der Waals surface area contributed by atoms with Gasteiger partial charge in [-0.2, -0.15) is 4.68 Å². The second kappa shape index (κ2) is 5.55. The smallest absolute Gasteiger partial charge is 0.252 e. The first kappa shape index (κ1) is 13.6. The molecule has 1 atom stereocenters. The molecule has 0 saturated heterocycles. The van der Waals surface area contributed by atoms with Crippen LogP contribution in [0.3, 0.4) is 0 Å². The molecule has 0 aromatic carbocycles. The highest BCUT2D eigenvalue weighted by atomic mass is 35.5. The Morgan fingerprint density at radius 1 is 1.19 bits per heavy atom. The minimum absolute atomic E-state index is 0.310. The monoisotopic (exact) mass is 301 g/mol. The first-order chi connectivity index (χ1) is 10.1. The van der Waals surface area contributed by atoms with Crippen molar-refractivity contribution in [2.24, 2.45) is 5.73 Å². The van der Waals surface area contributed by atoms with E-state index in [0.29, 0.717) is 22.8 Å². The normalized spacial score (nSPS) is 12.3. The maximum Gasteiger partial charge on any atom is 0.252 e. The van der Waals surface area contributed by atoms with Crippen LogP contribution in [0.2, 0.25) is 5.15 Å². The molecule has 0 amide bonds. The van der Waals surface area contributed by atoms with E-state index < -0.39 is 0 Å². The highest BCUT2D eigenvalue weighted by Gasteiger charge is 2.17. The van der Waals surface area contributed by atoms with Crippen LogP contribution in [-0.4, -0.2) is 29.7 Å². The molecule has 0 saturated carbocycles. The number of halogens is 1. The number of nitrogens with two attached hydrogens (primary N) is 1. The van der Waals surface area contributed by atoms with Crippen LogP contribution in [0.5, 0.6) is 0 Å². The van der Waals surface area contributed by atoms with E-state index in [9.17, 15) is 0 Å². The van der Waals surface area contributed by atoms with Crippen molar-refractivity contribution in [2.45, 2.75) is 13.0 Å². The van der Waals surface area contributed by atoms with E-state index in [1.165, 1.54) is 4.68 Å². The van der Waals surface area contributed by atoms with Gasteiger partial charge in [-0.25, -0.2) is 19.9 Å². The van der Waals surface area contributed by atoms with Gasteiger partial charge in [0.15, 0.2) is 11.6 Å². The zero-order valence-electron chi connectivity index (χ0n) is 11.2. The van der Waals surface area contributed by atoms with Gasteiger partial charge in [-0.05, 0) is 25.1 Å². The Kier molecular flexibility index (Phi) is 3.59. The molecule has 0 aliphatic carbocycles. The summed E-state index contributed by atoms with van der Waals surface area (Å²) < 4.78 is 1.54. The number of hydrogen-bond donors (Lipinski definition) is 1. The second-order valence-electron chi connectivity index (χ2n) is 4.41. The van der Waals surface area contributed by atoms with Gasteiger partial charge < -0.3 is 5.73 Å². The van der Waals surface area contributed by atoms with Gasteiger partial charge >= 0.3 is 0 Å². The van der Waals surface area contributed by atoms with E-state index in [4.69, 9.17) is 17.3 Å². The maximum atomic E-state index is 5.95. The largest absolute Gasteiger partial charge is 0.322 e. The maximum absolute atomic E-state index is 5.95. The molecule has 21 heavy (non-hydrogen) atoms. The van der Waals surface area contributed by atoms with Gasteiger partial charge in [0.05, 0.1) is 6.04 Å². The quantitative estimate of drug-likeness (QED) is 0.741. The van der Waals surface area contributed by atoms with E-state index in [0.717, 1.165) is 5.56 Å². The van der Waals surface area contributed by atoms with Gasteiger partial charge in [0.2, 0.25) is 0 Å². The van der Waals surface area contributed by atoms with Crippen molar-refractivity contribution in [3.8, 4) is 17.3 Å². The van der Waals surface area contributed by atoms with Gasteiger partial charge in [0.25, 0.3) is 5.95 Å². The highest BCUT2D eigenvalue weighted by molar-refractivity contribution is 6.29. The van der Waals surface area contributed by atoms with Gasteiger partial charge in [0, 0.05) is 24.2 Å². The first-order valence-electron chi connectivity index (χ1n) is 6.27. The Morgan fingerprint density at radius 3 is 2.57 bits per heavy atom. The summed E-state index contributed by atoms with van der Waals surface area (Å²) >= 11 is 5.78. The molecule has 3 rings (SSSR count). The predicted molar refractivity (Wildman–Crippen MR) is 77.8 cm³/mol. The topological polar surface area (TPSA) is 95.4 Å². The Morgan fingerprint density at radius 2 is 1.95 bits per heavy atom. The zero-order chi connectivity index (χ0) is 14.8. The van der Waals surface area contributed by atoms with Crippen molar-refractivity contribution >= 4 is 11.6 Å². The average Bonchev–Trinajstić information content (AvgIpc) is 2.94. The number of nitrogens with zero attached hydrogens (tertiary/aromatic N) is 6. The summed E-state index contributed by atoms with van der Waals surface area (Å²) in [7, 11) is 0. The molecule has 106 valence electrons. The summed E-state index contributed by atoms with van der Waals surface area (Å²) in [4.78, 5) is 16.8. The molecule has 1 unspecified atom stereocenters. The van der Waals surface area contributed by atoms with E-state index in [-0.39, 0.29) is 6.04 Å². The standard InChI is InChI=1S/C13H12ClN7/c1-8(15)12-19-11(9-3-4-10(14)18-7-9)20-21(12)13-16-5-2-6-17-13/h2-8H,15H2,1H3. The van der Waals surface area contributed by atoms with Crippen molar-refractivity contribution in [3.05, 3.63) is 47.8 Å². The molecule has 7 nitrogen and oxygen atoms in total. The van der Waals surface area contributed by atoms with Gasteiger partial charge in [-0.15, -0.1) is 5.10 Å². The molecule has 3 aromatic heterocycles. The van der Waals surface area contributed by atoms with E-state index >= 15 is 0 Å². The Labute approximate surface area is 125 Å². The molecule has 8 heteroatoms. The Hall–Kier alpha value is -2.38. The summed E-state index contributed by atoms with van der Waals surface area (Å²) in [6.07, 6.45) is 4.88. The molecule has 0 aliphatic rings. The van der Waals surface area contributed by atoms with Gasteiger partial charge in [0.1, 0.15) is 5.15 Å². The molecule has 0 aliphatic heterocycles. The summed E-state index contributed by atoms with van der Waals surface area (Å²) in [5, 5.41) is 4.83. The van der Waals surface area contributed by atoms with E-state index in [1.807, 2.05) is 6.92 Å². The molecule has 2 N–H and O–H groups in total. The highest BCUT2D eigenvalue weighted by Crippen LogP contribution is 2.20. The fourth-order valence-corrected chi connectivity index (χ4v) is 1.91. The molecule has 0 bridgehead atoms. The number of rotatable bonds is 3. The zero-order valence-corrected chi connectivity index (χ0v) is 11.9. The number of aromatic nitrogens is 6. The van der Waals surface area contributed by atoms with Crippen molar-refractivity contribution < 1.29 is 0 Å². The third-order valence-electron chi connectivity index (χ3n) is 2.77. The minimum Gasteiger partial charge on any atom is -0.322 e. The fourth-order valence-electron chi connectivity index (χ4n) is 1.80. The summed E-state index contributed by atoms with van der Waals surface area (Å²) in [5.74, 6) is 1.50. The lowest BCUT2D eigenvalue weighted by atomic mass is 10.3. The van der Waals surface area contributed by atoms with Crippen LogP contribution in [0, 0.1) is 0 Å². The number of hydrogen-bond acceptors (Lipinski definition) is 6. The molecular weight excluding hydrogens is 290 g/mol. The molecule has 3 heterocycles. The van der Waals surface area contributed by atoms with Crippen LogP contribution in [-0.2, 0) is 0 Å². The van der Waals surface area contributed by atoms with Crippen LogP contribution in [0.15, 0.2) is 36.8 Å². The molecular formula is C13H12ClN7. The molecule has 0 spiro atoms. The Balaban J connectivity index is 2.11. The van der Waals surface area contributed by atoms with Gasteiger partial charge in [-0.3, -0.25) is 0 Å². The van der Waals surface area contributed by atoms with Crippen LogP contribution in [0.25, 0.3) is 17.3 Å². The van der Waals surface area contributed by atoms with Crippen molar-refractivity contribution in [1.82, 2.24) is 29.7 Å². The third-order valence-corrected chi connectivity index (χ3v) is 2.99. The van der Waals surface area contributed by atoms with Crippen molar-refractivity contribution in [3.63, 3.8) is 0 Å². The fraction of sp³-hybridized carbons (Fsp3) is 0.154. The molecule has 0 radical (unpaired) electrons. The average molecular weight is 302 g/mol. The summed E-state index contributed by atoms with van der Waals surface area (Å²) in [6, 6.07) is 4.90. The lowest BCUT2D eigenvalue weighted by molar-refractivity contribution is 0.669. The third kappa shape index (κ3) is 2.74. The Bertz CT molecular complexity index is 737.